The van der Waals surface area contributed by atoms with E-state index in [1.165, 1.54) is 18.0 Å². The molecule has 1 atom stereocenters. The van der Waals surface area contributed by atoms with Gasteiger partial charge in [-0.1, -0.05) is 6.42 Å². The highest BCUT2D eigenvalue weighted by Gasteiger charge is 2.35. The van der Waals surface area contributed by atoms with E-state index in [1.54, 1.807) is 7.05 Å². The Bertz CT molecular complexity index is 1040. The summed E-state index contributed by atoms with van der Waals surface area (Å²) in [6, 6.07) is 1.92. The summed E-state index contributed by atoms with van der Waals surface area (Å²) in [6.07, 6.45) is 6.08. The second kappa shape index (κ2) is 6.68. The molecule has 1 unspecified atom stereocenters. The van der Waals surface area contributed by atoms with Crippen LogP contribution in [0.2, 0.25) is 0 Å². The third-order valence-corrected chi connectivity index (χ3v) is 5.71. The van der Waals surface area contributed by atoms with Gasteiger partial charge in [0.1, 0.15) is 17.7 Å². The molecular weight excluding hydrogens is 346 g/mol. The molecule has 0 bridgehead atoms. The first-order valence-electron chi connectivity index (χ1n) is 9.43. The molecule has 4 rings (SSSR count). The van der Waals surface area contributed by atoms with Gasteiger partial charge in [-0.2, -0.15) is 5.26 Å². The van der Waals surface area contributed by atoms with Gasteiger partial charge < -0.3 is 9.47 Å². The minimum absolute atomic E-state index is 0.00195. The van der Waals surface area contributed by atoms with Gasteiger partial charge in [0, 0.05) is 33.6 Å². The Morgan fingerprint density at radius 1 is 1.04 bits per heavy atom. The molecule has 9 heteroatoms. The van der Waals surface area contributed by atoms with Crippen LogP contribution in [0, 0.1) is 11.3 Å². The molecule has 1 saturated heterocycles. The largest absolute Gasteiger partial charge is 0.346 e. The lowest BCUT2D eigenvalue weighted by Crippen LogP contribution is -2.42. The monoisotopic (exact) mass is 369 g/mol. The molecule has 9 nitrogen and oxygen atoms in total. The highest BCUT2D eigenvalue weighted by molar-refractivity contribution is 5.55. The van der Waals surface area contributed by atoms with Gasteiger partial charge >= 0.3 is 5.69 Å². The van der Waals surface area contributed by atoms with Crippen LogP contribution in [0.15, 0.2) is 9.59 Å². The topological polar surface area (TPSA) is 102 Å². The zero-order valence-corrected chi connectivity index (χ0v) is 15.7. The van der Waals surface area contributed by atoms with Crippen molar-refractivity contribution in [1.29, 1.82) is 5.26 Å². The Morgan fingerprint density at radius 3 is 2.63 bits per heavy atom. The average molecular weight is 369 g/mol. The van der Waals surface area contributed by atoms with Crippen molar-refractivity contribution in [3.63, 3.8) is 0 Å². The Balaban J connectivity index is 1.85. The lowest BCUT2D eigenvalue weighted by molar-refractivity contribution is 0.550. The van der Waals surface area contributed by atoms with Crippen molar-refractivity contribution < 1.29 is 0 Å². The summed E-state index contributed by atoms with van der Waals surface area (Å²) in [5.74, 6) is 2.27. The van der Waals surface area contributed by atoms with Crippen LogP contribution >= 0.6 is 0 Å². The normalized spacial score (nSPS) is 19.6. The number of nitriles is 1. The van der Waals surface area contributed by atoms with Gasteiger partial charge in [0.25, 0.3) is 5.56 Å². The lowest BCUT2D eigenvalue weighted by atomic mass is 10.2. The summed E-state index contributed by atoms with van der Waals surface area (Å²) >= 11 is 0. The number of aromatic nitrogens is 5. The molecule has 142 valence electrons. The van der Waals surface area contributed by atoms with Crippen LogP contribution in [0.1, 0.15) is 55.4 Å². The molecule has 2 aliphatic heterocycles. The Morgan fingerprint density at radius 2 is 1.85 bits per heavy atom. The molecule has 0 amide bonds. The number of aryl methyl sites for hydroxylation is 1. The zero-order chi connectivity index (χ0) is 19.1. The van der Waals surface area contributed by atoms with E-state index in [0.717, 1.165) is 54.9 Å². The quantitative estimate of drug-likeness (QED) is 0.769. The van der Waals surface area contributed by atoms with Crippen LogP contribution in [0.25, 0.3) is 0 Å². The average Bonchev–Trinajstić information content (AvgIpc) is 3.23. The molecular formula is C18H23N7O2. The molecule has 2 aromatic heterocycles. The van der Waals surface area contributed by atoms with Crippen LogP contribution in [0.4, 0.5) is 5.82 Å². The van der Waals surface area contributed by atoms with E-state index in [1.807, 2.05) is 11.0 Å². The van der Waals surface area contributed by atoms with Crippen molar-refractivity contribution in [3.8, 4) is 6.07 Å². The molecule has 2 aromatic rings. The predicted octanol–water partition coefficient (Wildman–Crippen LogP) is 0.615. The van der Waals surface area contributed by atoms with Gasteiger partial charge in [0.2, 0.25) is 0 Å². The first-order chi connectivity index (χ1) is 13.0. The van der Waals surface area contributed by atoms with E-state index in [0.29, 0.717) is 12.4 Å². The fraction of sp³-hybridized carbons (Fsp3) is 0.611. The summed E-state index contributed by atoms with van der Waals surface area (Å²) in [5.41, 5.74) is -0.983. The van der Waals surface area contributed by atoms with Crippen LogP contribution in [-0.2, 0) is 27.1 Å². The van der Waals surface area contributed by atoms with Gasteiger partial charge in [0.15, 0.2) is 11.4 Å². The van der Waals surface area contributed by atoms with E-state index in [2.05, 4.69) is 14.8 Å². The second-order valence-electron chi connectivity index (χ2n) is 7.30. The van der Waals surface area contributed by atoms with Crippen LogP contribution in [-0.4, -0.2) is 30.4 Å². The van der Waals surface area contributed by atoms with Gasteiger partial charge in [-0.05, 0) is 25.7 Å². The summed E-state index contributed by atoms with van der Waals surface area (Å²) in [4.78, 5) is 26.9. The van der Waals surface area contributed by atoms with E-state index in [9.17, 15) is 14.9 Å². The minimum atomic E-state index is -0.554. The zero-order valence-electron chi connectivity index (χ0n) is 15.7. The van der Waals surface area contributed by atoms with E-state index >= 15 is 0 Å². The minimum Gasteiger partial charge on any atom is -0.346 e. The van der Waals surface area contributed by atoms with Gasteiger partial charge in [-0.25, -0.2) is 4.79 Å². The molecule has 0 spiro atoms. The number of nitrogens with zero attached hydrogens (tertiary/aromatic N) is 7. The van der Waals surface area contributed by atoms with Crippen molar-refractivity contribution >= 4 is 5.82 Å². The highest BCUT2D eigenvalue weighted by atomic mass is 16.2. The van der Waals surface area contributed by atoms with Crippen molar-refractivity contribution in [2.24, 2.45) is 14.1 Å². The maximum atomic E-state index is 12.5. The number of rotatable bonds is 2. The fourth-order valence-corrected chi connectivity index (χ4v) is 4.31. The second-order valence-corrected chi connectivity index (χ2v) is 7.30. The molecule has 0 radical (unpaired) electrons. The van der Waals surface area contributed by atoms with Crippen molar-refractivity contribution in [3.05, 3.63) is 38.1 Å². The Labute approximate surface area is 156 Å². The molecule has 27 heavy (non-hydrogen) atoms. The maximum absolute atomic E-state index is 12.5. The molecule has 0 saturated carbocycles. The molecule has 2 aliphatic rings. The SMILES string of the molecule is Cn1c(N2CCCC2c2nnc3n2CCCCC3)c(C#N)c(=O)n(C)c1=O. The number of hydrogen-bond acceptors (Lipinski definition) is 6. The van der Waals surface area contributed by atoms with Crippen molar-refractivity contribution in [2.45, 2.75) is 51.1 Å². The summed E-state index contributed by atoms with van der Waals surface area (Å²) in [6.45, 7) is 1.56. The van der Waals surface area contributed by atoms with E-state index < -0.39 is 11.2 Å². The van der Waals surface area contributed by atoms with Crippen molar-refractivity contribution in [2.75, 3.05) is 11.4 Å². The number of anilines is 1. The molecule has 0 aromatic carbocycles. The highest BCUT2D eigenvalue weighted by Crippen LogP contribution is 2.36. The van der Waals surface area contributed by atoms with E-state index in [-0.39, 0.29) is 11.6 Å². The van der Waals surface area contributed by atoms with Gasteiger partial charge in [-0.3, -0.25) is 13.9 Å². The Hall–Kier alpha value is -2.89. The first kappa shape index (κ1) is 17.5. The van der Waals surface area contributed by atoms with Crippen LogP contribution in [0.3, 0.4) is 0 Å². The third-order valence-electron chi connectivity index (χ3n) is 5.71. The fourth-order valence-electron chi connectivity index (χ4n) is 4.31. The standard InChI is InChI=1S/C18H23N7O2/c1-22-16(12(11-19)17(26)23(2)18(22)27)24-10-6-7-13(24)15-21-20-14-8-4-3-5-9-25(14)15/h13H,3-10H2,1-2H3. The number of fused-ring (bicyclic) bond motifs is 1. The maximum Gasteiger partial charge on any atom is 0.332 e. The summed E-state index contributed by atoms with van der Waals surface area (Å²) in [7, 11) is 3.01. The molecule has 0 aliphatic carbocycles. The summed E-state index contributed by atoms with van der Waals surface area (Å²) < 4.78 is 4.58. The van der Waals surface area contributed by atoms with Crippen LogP contribution in [0.5, 0.6) is 0 Å². The third kappa shape index (κ3) is 2.67. The smallest absolute Gasteiger partial charge is 0.332 e. The first-order valence-corrected chi connectivity index (χ1v) is 9.43. The van der Waals surface area contributed by atoms with Gasteiger partial charge in [-0.15, -0.1) is 10.2 Å². The predicted molar refractivity (Wildman–Crippen MR) is 98.5 cm³/mol. The molecule has 4 heterocycles. The van der Waals surface area contributed by atoms with Crippen molar-refractivity contribution in [1.82, 2.24) is 23.9 Å². The number of hydrogen-bond donors (Lipinski definition) is 0. The van der Waals surface area contributed by atoms with Crippen LogP contribution < -0.4 is 16.1 Å². The van der Waals surface area contributed by atoms with E-state index in [4.69, 9.17) is 0 Å². The molecule has 1 fully saturated rings. The summed E-state index contributed by atoms with van der Waals surface area (Å²) in [5, 5.41) is 18.5. The van der Waals surface area contributed by atoms with Gasteiger partial charge in [0.05, 0.1) is 6.04 Å². The molecule has 0 N–H and O–H groups in total. The lowest BCUT2D eigenvalue weighted by Gasteiger charge is -2.28. The Kier molecular flexibility index (Phi) is 4.34.